The largest absolute Gasteiger partial charge is 0.478 e. The molecule has 0 saturated heterocycles. The topological polar surface area (TPSA) is 104 Å². The van der Waals surface area contributed by atoms with Crippen LogP contribution in [0, 0.1) is 0 Å². The first-order chi connectivity index (χ1) is 9.49. The Balaban J connectivity index is 2.02. The fourth-order valence-corrected chi connectivity index (χ4v) is 2.20. The van der Waals surface area contributed by atoms with Gasteiger partial charge in [0.25, 0.3) is 0 Å². The summed E-state index contributed by atoms with van der Waals surface area (Å²) < 4.78 is 5.16. The fraction of sp³-hybridized carbons (Fsp3) is 0.429. The summed E-state index contributed by atoms with van der Waals surface area (Å²) in [5, 5.41) is 28.0. The summed E-state index contributed by atoms with van der Waals surface area (Å²) in [6.07, 6.45) is -1.03. The minimum Gasteiger partial charge on any atom is -0.478 e. The highest BCUT2D eigenvalue weighted by Crippen LogP contribution is 2.22. The van der Waals surface area contributed by atoms with Crippen molar-refractivity contribution in [3.8, 4) is 0 Å². The zero-order chi connectivity index (χ0) is 14.7. The van der Waals surface area contributed by atoms with Crippen molar-refractivity contribution in [2.24, 2.45) is 0 Å². The van der Waals surface area contributed by atoms with Crippen LogP contribution < -0.4 is 0 Å². The number of esters is 1. The number of benzene rings is 1. The van der Waals surface area contributed by atoms with Gasteiger partial charge < -0.3 is 20.1 Å². The van der Waals surface area contributed by atoms with Crippen LogP contribution in [0.2, 0.25) is 0 Å². The summed E-state index contributed by atoms with van der Waals surface area (Å²) in [4.78, 5) is 22.6. The zero-order valence-corrected chi connectivity index (χ0v) is 10.7. The van der Waals surface area contributed by atoms with E-state index in [-0.39, 0.29) is 11.1 Å². The molecule has 0 aromatic heterocycles. The summed E-state index contributed by atoms with van der Waals surface area (Å²) in [5.74, 6) is -1.71. The first-order valence-corrected chi connectivity index (χ1v) is 6.39. The number of aliphatic hydroxyl groups excluding tert-OH is 2. The second kappa shape index (κ2) is 6.02. The highest BCUT2D eigenvalue weighted by molar-refractivity contribution is 5.92. The Morgan fingerprint density at radius 2 is 1.65 bits per heavy atom. The van der Waals surface area contributed by atoms with Crippen molar-refractivity contribution in [3.63, 3.8) is 0 Å². The van der Waals surface area contributed by atoms with Gasteiger partial charge >= 0.3 is 11.9 Å². The smallest absolute Gasteiger partial charge is 0.338 e. The molecule has 3 N–H and O–H groups in total. The van der Waals surface area contributed by atoms with E-state index in [0.29, 0.717) is 19.3 Å². The molecule has 3 unspecified atom stereocenters. The van der Waals surface area contributed by atoms with Gasteiger partial charge in [-0.15, -0.1) is 0 Å². The summed E-state index contributed by atoms with van der Waals surface area (Å²) in [7, 11) is 0. The minimum absolute atomic E-state index is 0.0784. The van der Waals surface area contributed by atoms with Crippen LogP contribution in [0.4, 0.5) is 0 Å². The normalized spacial score (nSPS) is 26.0. The van der Waals surface area contributed by atoms with E-state index in [9.17, 15) is 19.8 Å². The van der Waals surface area contributed by atoms with E-state index in [0.717, 1.165) is 0 Å². The van der Waals surface area contributed by atoms with Crippen LogP contribution in [-0.2, 0) is 4.74 Å². The Labute approximate surface area is 115 Å². The second-order valence-electron chi connectivity index (χ2n) is 4.82. The second-order valence-corrected chi connectivity index (χ2v) is 4.82. The maximum Gasteiger partial charge on any atom is 0.338 e. The number of aliphatic hydroxyl groups is 2. The standard InChI is InChI=1S/C14H16O6/c15-10-2-1-3-11(12(10)16)20-14(19)9-6-4-8(5-7-9)13(17)18/h4-7,10-12,15-16H,1-3H2,(H,17,18). The van der Waals surface area contributed by atoms with E-state index in [1.165, 1.54) is 24.3 Å². The Morgan fingerprint density at radius 1 is 1.05 bits per heavy atom. The van der Waals surface area contributed by atoms with Crippen molar-refractivity contribution in [1.29, 1.82) is 0 Å². The van der Waals surface area contributed by atoms with Crippen molar-refractivity contribution in [2.45, 2.75) is 37.6 Å². The van der Waals surface area contributed by atoms with E-state index in [1.54, 1.807) is 0 Å². The number of carbonyl (C=O) groups is 2. The van der Waals surface area contributed by atoms with Gasteiger partial charge in [-0.3, -0.25) is 0 Å². The molecule has 0 amide bonds. The molecule has 1 aliphatic carbocycles. The molecule has 1 aromatic rings. The molecule has 0 bridgehead atoms. The molecule has 2 rings (SSSR count). The van der Waals surface area contributed by atoms with Crippen LogP contribution in [-0.4, -0.2) is 45.6 Å². The molecule has 1 fully saturated rings. The number of aromatic carboxylic acids is 1. The van der Waals surface area contributed by atoms with E-state index in [2.05, 4.69) is 0 Å². The van der Waals surface area contributed by atoms with Crippen molar-refractivity contribution >= 4 is 11.9 Å². The van der Waals surface area contributed by atoms with Gasteiger partial charge in [-0.2, -0.15) is 0 Å². The van der Waals surface area contributed by atoms with Crippen LogP contribution in [0.5, 0.6) is 0 Å². The lowest BCUT2D eigenvalue weighted by Crippen LogP contribution is -2.43. The van der Waals surface area contributed by atoms with Gasteiger partial charge in [0.05, 0.1) is 17.2 Å². The Hall–Kier alpha value is -1.92. The van der Waals surface area contributed by atoms with E-state index in [4.69, 9.17) is 9.84 Å². The quantitative estimate of drug-likeness (QED) is 0.708. The van der Waals surface area contributed by atoms with Crippen LogP contribution in [0.3, 0.4) is 0 Å². The molecule has 3 atom stereocenters. The van der Waals surface area contributed by atoms with Gasteiger partial charge in [0.15, 0.2) is 0 Å². The molecule has 0 aliphatic heterocycles. The minimum atomic E-state index is -1.08. The summed E-state index contributed by atoms with van der Waals surface area (Å²) in [5.41, 5.74) is 0.289. The van der Waals surface area contributed by atoms with Crippen LogP contribution in [0.15, 0.2) is 24.3 Å². The number of rotatable bonds is 3. The maximum atomic E-state index is 11.9. The number of carbonyl (C=O) groups excluding carboxylic acids is 1. The Bertz CT molecular complexity index is 495. The molecule has 6 nitrogen and oxygen atoms in total. The predicted octanol–water partition coefficient (Wildman–Crippen LogP) is 0.816. The highest BCUT2D eigenvalue weighted by atomic mass is 16.6. The molecule has 0 radical (unpaired) electrons. The third kappa shape index (κ3) is 3.15. The van der Waals surface area contributed by atoms with E-state index in [1.807, 2.05) is 0 Å². The molecule has 1 saturated carbocycles. The Morgan fingerprint density at radius 3 is 2.25 bits per heavy atom. The van der Waals surface area contributed by atoms with Gasteiger partial charge in [-0.05, 0) is 43.5 Å². The van der Waals surface area contributed by atoms with Gasteiger partial charge in [0.2, 0.25) is 0 Å². The third-order valence-electron chi connectivity index (χ3n) is 3.39. The van der Waals surface area contributed by atoms with E-state index < -0.39 is 30.3 Å². The van der Waals surface area contributed by atoms with Crippen molar-refractivity contribution < 1.29 is 29.6 Å². The van der Waals surface area contributed by atoms with E-state index >= 15 is 0 Å². The molecule has 0 spiro atoms. The predicted molar refractivity (Wildman–Crippen MR) is 68.5 cm³/mol. The number of carboxylic acids is 1. The van der Waals surface area contributed by atoms with Crippen LogP contribution in [0.1, 0.15) is 40.0 Å². The van der Waals surface area contributed by atoms with Crippen molar-refractivity contribution in [2.75, 3.05) is 0 Å². The highest BCUT2D eigenvalue weighted by Gasteiger charge is 2.33. The summed E-state index contributed by atoms with van der Waals surface area (Å²) in [6, 6.07) is 5.34. The lowest BCUT2D eigenvalue weighted by atomic mass is 9.92. The van der Waals surface area contributed by atoms with Crippen LogP contribution >= 0.6 is 0 Å². The number of carboxylic acid groups (broad SMARTS) is 1. The molecule has 1 aliphatic rings. The van der Waals surface area contributed by atoms with Gasteiger partial charge in [-0.1, -0.05) is 0 Å². The summed E-state index contributed by atoms with van der Waals surface area (Å²) >= 11 is 0. The fourth-order valence-electron chi connectivity index (χ4n) is 2.20. The zero-order valence-electron chi connectivity index (χ0n) is 10.7. The van der Waals surface area contributed by atoms with Gasteiger partial charge in [-0.25, -0.2) is 9.59 Å². The molecule has 20 heavy (non-hydrogen) atoms. The lowest BCUT2D eigenvalue weighted by Gasteiger charge is -2.31. The first-order valence-electron chi connectivity index (χ1n) is 6.39. The van der Waals surface area contributed by atoms with Crippen molar-refractivity contribution in [1.82, 2.24) is 0 Å². The molecular weight excluding hydrogens is 264 g/mol. The average molecular weight is 280 g/mol. The Kier molecular flexibility index (Phi) is 4.36. The average Bonchev–Trinajstić information content (AvgIpc) is 2.44. The molecule has 6 heteroatoms. The lowest BCUT2D eigenvalue weighted by molar-refractivity contribution is -0.0924. The number of ether oxygens (including phenoxy) is 1. The third-order valence-corrected chi connectivity index (χ3v) is 3.39. The number of hydrogen-bond acceptors (Lipinski definition) is 5. The van der Waals surface area contributed by atoms with Gasteiger partial charge in [0.1, 0.15) is 12.2 Å². The summed E-state index contributed by atoms with van der Waals surface area (Å²) in [6.45, 7) is 0. The SMILES string of the molecule is O=C(O)c1ccc(C(=O)OC2CCCC(O)C2O)cc1. The monoisotopic (exact) mass is 280 g/mol. The first kappa shape index (κ1) is 14.5. The molecule has 108 valence electrons. The molecule has 1 aromatic carbocycles. The number of hydrogen-bond donors (Lipinski definition) is 3. The molecular formula is C14H16O6. The van der Waals surface area contributed by atoms with Crippen molar-refractivity contribution in [3.05, 3.63) is 35.4 Å². The van der Waals surface area contributed by atoms with Crippen LogP contribution in [0.25, 0.3) is 0 Å². The maximum absolute atomic E-state index is 11.9. The van der Waals surface area contributed by atoms with Gasteiger partial charge in [0, 0.05) is 0 Å². The molecule has 0 heterocycles.